The summed E-state index contributed by atoms with van der Waals surface area (Å²) in [6, 6.07) is 12.8. The van der Waals surface area contributed by atoms with Crippen molar-refractivity contribution in [3.8, 4) is 23.8 Å². The van der Waals surface area contributed by atoms with Crippen LogP contribution in [0.15, 0.2) is 41.4 Å². The highest BCUT2D eigenvalue weighted by Gasteiger charge is 2.21. The lowest BCUT2D eigenvalue weighted by Gasteiger charge is -2.28. The van der Waals surface area contributed by atoms with Crippen molar-refractivity contribution >= 4 is 17.4 Å². The number of aliphatic imine (C=N–C) groups is 1. The topological polar surface area (TPSA) is 12.4 Å². The van der Waals surface area contributed by atoms with Crippen molar-refractivity contribution in [2.45, 2.75) is 57.8 Å². The zero-order valence-corrected chi connectivity index (χ0v) is 18.5. The number of rotatable bonds is 4. The van der Waals surface area contributed by atoms with Gasteiger partial charge < -0.3 is 0 Å². The Morgan fingerprint density at radius 3 is 2.19 bits per heavy atom. The molecule has 2 aromatic rings. The standard InChI is InChI=1S/C27H25F2NS/c1-2-3-4-20-7-11-23(12-8-20)24-13-9-21(10-14-24)5-6-22-17-26(28)25(27(29)18-22)15-16-30-19-31/h9-10,13-14,17-18,20,23H,2-4,7-8,11-12H2,1H3. The molecule has 0 atom stereocenters. The van der Waals surface area contributed by atoms with Crippen LogP contribution >= 0.6 is 12.2 Å². The predicted molar refractivity (Wildman–Crippen MR) is 125 cm³/mol. The van der Waals surface area contributed by atoms with E-state index in [1.165, 1.54) is 62.6 Å². The molecular weight excluding hydrogens is 408 g/mol. The fourth-order valence-electron chi connectivity index (χ4n) is 4.13. The van der Waals surface area contributed by atoms with E-state index in [0.717, 1.165) is 11.5 Å². The molecule has 0 radical (unpaired) electrons. The van der Waals surface area contributed by atoms with E-state index >= 15 is 0 Å². The van der Waals surface area contributed by atoms with Crippen LogP contribution in [0.5, 0.6) is 0 Å². The van der Waals surface area contributed by atoms with Gasteiger partial charge in [0, 0.05) is 11.1 Å². The average molecular weight is 434 g/mol. The molecule has 3 rings (SSSR count). The number of thiocarbonyl (C=S) groups is 1. The van der Waals surface area contributed by atoms with Crippen molar-refractivity contribution in [1.29, 1.82) is 0 Å². The Kier molecular flexibility index (Phi) is 8.54. The third-order valence-electron chi connectivity index (χ3n) is 5.87. The molecule has 0 aliphatic heterocycles. The van der Waals surface area contributed by atoms with Crippen LogP contribution in [0.4, 0.5) is 8.78 Å². The van der Waals surface area contributed by atoms with E-state index < -0.39 is 11.6 Å². The zero-order valence-electron chi connectivity index (χ0n) is 17.7. The first-order valence-electron chi connectivity index (χ1n) is 10.8. The van der Waals surface area contributed by atoms with Crippen LogP contribution in [-0.4, -0.2) is 5.16 Å². The summed E-state index contributed by atoms with van der Waals surface area (Å²) < 4.78 is 28.2. The van der Waals surface area contributed by atoms with Gasteiger partial charge in [0.15, 0.2) is 0 Å². The number of nitrogens with zero attached hydrogens (tertiary/aromatic N) is 1. The van der Waals surface area contributed by atoms with E-state index in [4.69, 9.17) is 0 Å². The number of halogens is 2. The summed E-state index contributed by atoms with van der Waals surface area (Å²) in [6.07, 6.45) is 9.14. The van der Waals surface area contributed by atoms with Gasteiger partial charge in [-0.3, -0.25) is 0 Å². The number of isothiocyanates is 1. The minimum absolute atomic E-state index is 0.258. The lowest BCUT2D eigenvalue weighted by molar-refractivity contribution is 0.304. The van der Waals surface area contributed by atoms with Gasteiger partial charge >= 0.3 is 0 Å². The first kappa shape index (κ1) is 22.9. The van der Waals surface area contributed by atoms with Crippen LogP contribution in [0.3, 0.4) is 0 Å². The maximum absolute atomic E-state index is 14.1. The van der Waals surface area contributed by atoms with Gasteiger partial charge in [-0.1, -0.05) is 50.2 Å². The molecule has 0 heterocycles. The van der Waals surface area contributed by atoms with Gasteiger partial charge in [-0.25, -0.2) is 8.78 Å². The molecule has 0 amide bonds. The SMILES string of the molecule is CCCCC1CCC(c2ccc(C#Cc3cc(F)c(C#CN=C=S)c(F)c3)cc2)CC1. The molecule has 0 bridgehead atoms. The van der Waals surface area contributed by atoms with Crippen molar-refractivity contribution in [2.75, 3.05) is 0 Å². The van der Waals surface area contributed by atoms with Gasteiger partial charge in [-0.05, 0) is 85.5 Å². The molecule has 31 heavy (non-hydrogen) atoms. The van der Waals surface area contributed by atoms with E-state index in [0.29, 0.717) is 5.92 Å². The third-order valence-corrected chi connectivity index (χ3v) is 5.96. The quantitative estimate of drug-likeness (QED) is 0.281. The summed E-state index contributed by atoms with van der Waals surface area (Å²) in [5.74, 6) is 8.07. The third kappa shape index (κ3) is 6.60. The normalized spacial score (nSPS) is 17.5. The lowest BCUT2D eigenvalue weighted by Crippen LogP contribution is -2.13. The Morgan fingerprint density at radius 1 is 0.935 bits per heavy atom. The second-order valence-corrected chi connectivity index (χ2v) is 8.17. The largest absolute Gasteiger partial charge is 0.205 e. The smallest absolute Gasteiger partial charge is 0.143 e. The number of hydrogen-bond acceptors (Lipinski definition) is 2. The average Bonchev–Trinajstić information content (AvgIpc) is 2.79. The van der Waals surface area contributed by atoms with Crippen LogP contribution in [0.1, 0.15) is 80.0 Å². The van der Waals surface area contributed by atoms with Crippen LogP contribution < -0.4 is 0 Å². The van der Waals surface area contributed by atoms with Crippen molar-refractivity contribution in [3.05, 3.63) is 70.3 Å². The molecule has 0 unspecified atom stereocenters. The second kappa shape index (κ2) is 11.6. The number of benzene rings is 2. The fourth-order valence-corrected chi connectivity index (χ4v) is 4.18. The van der Waals surface area contributed by atoms with Gasteiger partial charge in [0.25, 0.3) is 0 Å². The number of hydrogen-bond donors (Lipinski definition) is 0. The molecule has 1 saturated carbocycles. The van der Waals surface area contributed by atoms with E-state index in [-0.39, 0.29) is 11.1 Å². The van der Waals surface area contributed by atoms with Crippen LogP contribution in [0.2, 0.25) is 0 Å². The summed E-state index contributed by atoms with van der Waals surface area (Å²) in [6.45, 7) is 2.26. The Bertz CT molecular complexity index is 1050. The van der Waals surface area contributed by atoms with Crippen LogP contribution in [-0.2, 0) is 0 Å². The Hall–Kier alpha value is -2.78. The van der Waals surface area contributed by atoms with Gasteiger partial charge in [0.2, 0.25) is 0 Å². The van der Waals surface area contributed by atoms with Crippen LogP contribution in [0.25, 0.3) is 0 Å². The zero-order chi connectivity index (χ0) is 22.1. The van der Waals surface area contributed by atoms with Crippen molar-refractivity contribution < 1.29 is 8.78 Å². The van der Waals surface area contributed by atoms with E-state index in [9.17, 15) is 8.78 Å². The molecule has 0 aromatic heterocycles. The summed E-state index contributed by atoms with van der Waals surface area (Å²) in [7, 11) is 0. The molecule has 1 aliphatic rings. The van der Waals surface area contributed by atoms with Gasteiger partial charge in [0.05, 0.1) is 16.8 Å². The van der Waals surface area contributed by atoms with E-state index in [2.05, 4.69) is 60.1 Å². The molecular formula is C27H25F2NS. The lowest BCUT2D eigenvalue weighted by atomic mass is 9.77. The highest BCUT2D eigenvalue weighted by atomic mass is 32.1. The summed E-state index contributed by atoms with van der Waals surface area (Å²) in [5.41, 5.74) is 2.08. The second-order valence-electron chi connectivity index (χ2n) is 7.99. The van der Waals surface area contributed by atoms with E-state index in [1.54, 1.807) is 0 Å². The van der Waals surface area contributed by atoms with Crippen molar-refractivity contribution in [2.24, 2.45) is 10.9 Å². The molecule has 1 nitrogen and oxygen atoms in total. The maximum atomic E-state index is 14.1. The van der Waals surface area contributed by atoms with Crippen molar-refractivity contribution in [1.82, 2.24) is 0 Å². The summed E-state index contributed by atoms with van der Waals surface area (Å²) in [5, 5.41) is 2.03. The van der Waals surface area contributed by atoms with Gasteiger partial charge in [-0.15, -0.1) is 4.99 Å². The molecule has 158 valence electrons. The first-order valence-corrected chi connectivity index (χ1v) is 11.2. The molecule has 0 N–H and O–H groups in total. The van der Waals surface area contributed by atoms with E-state index in [1.807, 2.05) is 17.3 Å². The molecule has 0 spiro atoms. The minimum atomic E-state index is -0.777. The molecule has 0 saturated heterocycles. The fraction of sp³-hybridized carbons (Fsp3) is 0.370. The highest BCUT2D eigenvalue weighted by Crippen LogP contribution is 2.37. The monoisotopic (exact) mass is 433 g/mol. The predicted octanol–water partition coefficient (Wildman–Crippen LogP) is 7.24. The Balaban J connectivity index is 1.65. The van der Waals surface area contributed by atoms with Crippen LogP contribution in [0, 0.1) is 41.4 Å². The Morgan fingerprint density at radius 2 is 1.58 bits per heavy atom. The molecule has 4 heteroatoms. The summed E-state index contributed by atoms with van der Waals surface area (Å²) >= 11 is 4.37. The summed E-state index contributed by atoms with van der Waals surface area (Å²) in [4.78, 5) is 3.35. The highest BCUT2D eigenvalue weighted by molar-refractivity contribution is 7.78. The maximum Gasteiger partial charge on any atom is 0.143 e. The molecule has 2 aromatic carbocycles. The van der Waals surface area contributed by atoms with Gasteiger partial charge in [0.1, 0.15) is 11.6 Å². The minimum Gasteiger partial charge on any atom is -0.205 e. The number of unbranched alkanes of at least 4 members (excludes halogenated alkanes) is 1. The molecule has 1 aliphatic carbocycles. The Labute approximate surface area is 189 Å². The van der Waals surface area contributed by atoms with Gasteiger partial charge in [-0.2, -0.15) is 0 Å². The first-order chi connectivity index (χ1) is 15.1. The van der Waals surface area contributed by atoms with Crippen molar-refractivity contribution in [3.63, 3.8) is 0 Å². The molecule has 1 fully saturated rings.